The Bertz CT molecular complexity index is 330. The van der Waals surface area contributed by atoms with Gasteiger partial charge in [-0.3, -0.25) is 0 Å². The normalized spacial score (nSPS) is 15.2. The molecular weight excluding hydrogens is 168 g/mol. The Morgan fingerprint density at radius 3 is 3.23 bits per heavy atom. The predicted molar refractivity (Wildman–Crippen MR) is 47.5 cm³/mol. The number of carbonyl (C=O) groups excluding carboxylic acids is 1. The highest BCUT2D eigenvalue weighted by Gasteiger charge is 2.19. The molecule has 0 bridgehead atoms. The van der Waals surface area contributed by atoms with E-state index >= 15 is 0 Å². The summed E-state index contributed by atoms with van der Waals surface area (Å²) in [7, 11) is 1.41. The van der Waals surface area contributed by atoms with Gasteiger partial charge in [-0.1, -0.05) is 0 Å². The summed E-state index contributed by atoms with van der Waals surface area (Å²) in [6.07, 6.45) is 2.62. The number of aromatic nitrogens is 1. The maximum Gasteiger partial charge on any atom is 0.339 e. The largest absolute Gasteiger partial charge is 0.465 e. The molecule has 0 atom stereocenters. The van der Waals surface area contributed by atoms with Gasteiger partial charge in [0.15, 0.2) is 0 Å². The Morgan fingerprint density at radius 2 is 2.46 bits per heavy atom. The smallest absolute Gasteiger partial charge is 0.339 e. The summed E-state index contributed by atoms with van der Waals surface area (Å²) in [4.78, 5) is 14.4. The molecule has 0 amide bonds. The first-order valence-corrected chi connectivity index (χ1v) is 4.31. The first-order chi connectivity index (χ1) is 6.33. The maximum atomic E-state index is 11.3. The third-order valence-electron chi connectivity index (χ3n) is 2.34. The second-order valence-electron chi connectivity index (χ2n) is 3.08. The topological polar surface area (TPSA) is 54.1 Å². The molecule has 0 unspecified atom stereocenters. The quantitative estimate of drug-likeness (QED) is 0.617. The van der Waals surface area contributed by atoms with Gasteiger partial charge in [-0.2, -0.15) is 0 Å². The van der Waals surface area contributed by atoms with Crippen LogP contribution in [0.5, 0.6) is 0 Å². The second-order valence-corrected chi connectivity index (χ2v) is 3.08. The van der Waals surface area contributed by atoms with E-state index in [1.165, 1.54) is 7.11 Å². The molecular formula is C9H12N2O2. The third-order valence-corrected chi connectivity index (χ3v) is 2.34. The van der Waals surface area contributed by atoms with Crippen LogP contribution in [-0.2, 0) is 17.7 Å². The van der Waals surface area contributed by atoms with Crippen molar-refractivity contribution in [2.45, 2.75) is 13.0 Å². The Morgan fingerprint density at radius 1 is 1.62 bits per heavy atom. The van der Waals surface area contributed by atoms with Gasteiger partial charge in [0.25, 0.3) is 0 Å². The summed E-state index contributed by atoms with van der Waals surface area (Å²) in [5.41, 5.74) is 2.89. The van der Waals surface area contributed by atoms with Gasteiger partial charge in [0, 0.05) is 18.4 Å². The van der Waals surface area contributed by atoms with Gasteiger partial charge in [0.2, 0.25) is 0 Å². The van der Waals surface area contributed by atoms with Crippen LogP contribution >= 0.6 is 0 Å². The Balaban J connectivity index is 2.36. The van der Waals surface area contributed by atoms with Crippen molar-refractivity contribution >= 4 is 5.97 Å². The van der Waals surface area contributed by atoms with Crippen molar-refractivity contribution in [2.75, 3.05) is 13.7 Å². The highest BCUT2D eigenvalue weighted by molar-refractivity contribution is 5.91. The summed E-state index contributed by atoms with van der Waals surface area (Å²) < 4.78 is 4.68. The number of fused-ring (bicyclic) bond motifs is 1. The molecule has 1 aromatic heterocycles. The molecule has 0 saturated heterocycles. The standard InChI is InChI=1S/C9H12N2O2/c1-13-9(12)7-4-11-8-5-10-3-2-6(7)8/h4,10-11H,2-3,5H2,1H3. The van der Waals surface area contributed by atoms with Crippen LogP contribution in [0.4, 0.5) is 0 Å². The Kier molecular flexibility index (Phi) is 2.06. The Labute approximate surface area is 76.3 Å². The summed E-state index contributed by atoms with van der Waals surface area (Å²) in [6.45, 7) is 1.74. The monoisotopic (exact) mass is 180 g/mol. The van der Waals surface area contributed by atoms with E-state index in [-0.39, 0.29) is 5.97 Å². The SMILES string of the molecule is COC(=O)c1c[nH]c2c1CCNC2. The van der Waals surface area contributed by atoms with Gasteiger partial charge in [-0.15, -0.1) is 0 Å². The van der Waals surface area contributed by atoms with Gasteiger partial charge in [-0.05, 0) is 18.5 Å². The number of carbonyl (C=O) groups is 1. The maximum absolute atomic E-state index is 11.3. The van der Waals surface area contributed by atoms with Crippen LogP contribution in [0.25, 0.3) is 0 Å². The van der Waals surface area contributed by atoms with Crippen LogP contribution in [0.15, 0.2) is 6.20 Å². The molecule has 2 heterocycles. The number of methoxy groups -OCH3 is 1. The molecule has 0 saturated carbocycles. The molecule has 0 aliphatic carbocycles. The molecule has 13 heavy (non-hydrogen) atoms. The Hall–Kier alpha value is -1.29. The zero-order valence-electron chi connectivity index (χ0n) is 7.52. The lowest BCUT2D eigenvalue weighted by atomic mass is 10.0. The number of hydrogen-bond donors (Lipinski definition) is 2. The second kappa shape index (κ2) is 3.22. The van der Waals surface area contributed by atoms with E-state index in [0.29, 0.717) is 5.56 Å². The van der Waals surface area contributed by atoms with Crippen LogP contribution in [0, 0.1) is 0 Å². The van der Waals surface area contributed by atoms with Crippen LogP contribution in [0.2, 0.25) is 0 Å². The third kappa shape index (κ3) is 1.33. The van der Waals surface area contributed by atoms with Crippen LogP contribution < -0.4 is 5.32 Å². The van der Waals surface area contributed by atoms with Crippen LogP contribution in [-0.4, -0.2) is 24.6 Å². The molecule has 2 rings (SSSR count). The zero-order valence-corrected chi connectivity index (χ0v) is 7.52. The van der Waals surface area contributed by atoms with Crippen LogP contribution in [0.3, 0.4) is 0 Å². The average molecular weight is 180 g/mol. The molecule has 0 fully saturated rings. The van der Waals surface area contributed by atoms with Crippen molar-refractivity contribution in [3.05, 3.63) is 23.0 Å². The number of aromatic amines is 1. The van der Waals surface area contributed by atoms with Crippen molar-refractivity contribution < 1.29 is 9.53 Å². The molecule has 0 aromatic carbocycles. The van der Waals surface area contributed by atoms with E-state index in [0.717, 1.165) is 30.8 Å². The molecule has 1 aromatic rings. The molecule has 4 nitrogen and oxygen atoms in total. The lowest BCUT2D eigenvalue weighted by molar-refractivity contribution is 0.0599. The van der Waals surface area contributed by atoms with Crippen LogP contribution in [0.1, 0.15) is 21.6 Å². The van der Waals surface area contributed by atoms with E-state index in [4.69, 9.17) is 0 Å². The van der Waals surface area contributed by atoms with Crippen molar-refractivity contribution in [3.63, 3.8) is 0 Å². The van der Waals surface area contributed by atoms with E-state index in [2.05, 4.69) is 15.0 Å². The number of nitrogens with one attached hydrogen (secondary N) is 2. The lowest BCUT2D eigenvalue weighted by Crippen LogP contribution is -2.24. The summed E-state index contributed by atoms with van der Waals surface area (Å²) in [5, 5.41) is 3.23. The van der Waals surface area contributed by atoms with Gasteiger partial charge >= 0.3 is 5.97 Å². The fourth-order valence-corrected chi connectivity index (χ4v) is 1.66. The van der Waals surface area contributed by atoms with Crippen molar-refractivity contribution in [2.24, 2.45) is 0 Å². The van der Waals surface area contributed by atoms with E-state index < -0.39 is 0 Å². The highest BCUT2D eigenvalue weighted by atomic mass is 16.5. The van der Waals surface area contributed by atoms with Crippen molar-refractivity contribution in [1.82, 2.24) is 10.3 Å². The number of H-pyrrole nitrogens is 1. The molecule has 0 spiro atoms. The van der Waals surface area contributed by atoms with E-state index in [1.54, 1.807) is 6.20 Å². The fourth-order valence-electron chi connectivity index (χ4n) is 1.66. The molecule has 0 radical (unpaired) electrons. The molecule has 4 heteroatoms. The zero-order chi connectivity index (χ0) is 9.26. The summed E-state index contributed by atoms with van der Waals surface area (Å²) in [5.74, 6) is -0.251. The molecule has 70 valence electrons. The molecule has 1 aliphatic heterocycles. The highest BCUT2D eigenvalue weighted by Crippen LogP contribution is 2.18. The fraction of sp³-hybridized carbons (Fsp3) is 0.444. The first kappa shape index (κ1) is 8.31. The summed E-state index contributed by atoms with van der Waals surface area (Å²) in [6, 6.07) is 0. The molecule has 2 N–H and O–H groups in total. The minimum absolute atomic E-state index is 0.251. The predicted octanol–water partition coefficient (Wildman–Crippen LogP) is 0.447. The first-order valence-electron chi connectivity index (χ1n) is 4.31. The summed E-state index contributed by atoms with van der Waals surface area (Å²) >= 11 is 0. The van der Waals surface area contributed by atoms with Gasteiger partial charge in [-0.25, -0.2) is 4.79 Å². The van der Waals surface area contributed by atoms with Gasteiger partial charge < -0.3 is 15.0 Å². The van der Waals surface area contributed by atoms with Gasteiger partial charge in [0.05, 0.1) is 12.7 Å². The number of rotatable bonds is 1. The van der Waals surface area contributed by atoms with E-state index in [9.17, 15) is 4.79 Å². The van der Waals surface area contributed by atoms with E-state index in [1.807, 2.05) is 0 Å². The van der Waals surface area contributed by atoms with Crippen molar-refractivity contribution in [3.8, 4) is 0 Å². The van der Waals surface area contributed by atoms with Crippen molar-refractivity contribution in [1.29, 1.82) is 0 Å². The van der Waals surface area contributed by atoms with Gasteiger partial charge in [0.1, 0.15) is 0 Å². The lowest BCUT2D eigenvalue weighted by Gasteiger charge is -2.13. The minimum atomic E-state index is -0.251. The number of ether oxygens (including phenoxy) is 1. The average Bonchev–Trinajstić information content (AvgIpc) is 2.60. The minimum Gasteiger partial charge on any atom is -0.465 e. The number of hydrogen-bond acceptors (Lipinski definition) is 3. The molecule has 1 aliphatic rings. The number of esters is 1.